The van der Waals surface area contributed by atoms with Gasteiger partial charge >= 0.3 is 0 Å². The first-order valence-electron chi connectivity index (χ1n) is 5.07. The third-order valence-corrected chi connectivity index (χ3v) is 3.29. The summed E-state index contributed by atoms with van der Waals surface area (Å²) in [6.45, 7) is 2.52. The summed E-state index contributed by atoms with van der Waals surface area (Å²) in [5.74, 6) is 0. The van der Waals surface area contributed by atoms with Crippen LogP contribution in [0.4, 0.5) is 0 Å². The molecule has 0 saturated heterocycles. The molecule has 1 aromatic carbocycles. The summed E-state index contributed by atoms with van der Waals surface area (Å²) < 4.78 is 2.66. The molecular formula is C13H12BrNO. The second-order valence-corrected chi connectivity index (χ2v) is 4.61. The molecule has 0 spiro atoms. The van der Waals surface area contributed by atoms with Crippen LogP contribution in [0.2, 0.25) is 0 Å². The molecule has 0 saturated carbocycles. The van der Waals surface area contributed by atoms with Crippen LogP contribution < -0.4 is 5.56 Å². The Balaban J connectivity index is 2.36. The van der Waals surface area contributed by atoms with Crippen molar-refractivity contribution in [3.63, 3.8) is 0 Å². The van der Waals surface area contributed by atoms with Crippen LogP contribution in [0.3, 0.4) is 0 Å². The van der Waals surface area contributed by atoms with Gasteiger partial charge in [-0.3, -0.25) is 4.79 Å². The largest absolute Gasteiger partial charge is 0.310 e. The topological polar surface area (TPSA) is 22.0 Å². The fourth-order valence-corrected chi connectivity index (χ4v) is 1.90. The zero-order valence-corrected chi connectivity index (χ0v) is 10.6. The molecule has 0 radical (unpaired) electrons. The molecule has 0 bridgehead atoms. The van der Waals surface area contributed by atoms with Crippen LogP contribution in [0.1, 0.15) is 11.1 Å². The Morgan fingerprint density at radius 1 is 1.25 bits per heavy atom. The Bertz CT molecular complexity index is 546. The predicted octanol–water partition coefficient (Wildman–Crippen LogP) is 2.97. The fourth-order valence-electron chi connectivity index (χ4n) is 1.54. The molecule has 1 heterocycles. The second-order valence-electron chi connectivity index (χ2n) is 3.76. The second kappa shape index (κ2) is 4.66. The molecule has 0 fully saturated rings. The van der Waals surface area contributed by atoms with Gasteiger partial charge in [0.05, 0.1) is 6.54 Å². The van der Waals surface area contributed by atoms with Crippen molar-refractivity contribution in [1.29, 1.82) is 0 Å². The molecule has 82 valence electrons. The van der Waals surface area contributed by atoms with E-state index in [1.807, 2.05) is 43.5 Å². The van der Waals surface area contributed by atoms with E-state index < -0.39 is 0 Å². The number of halogens is 1. The van der Waals surface area contributed by atoms with Crippen molar-refractivity contribution in [2.75, 3.05) is 0 Å². The maximum absolute atomic E-state index is 11.7. The zero-order chi connectivity index (χ0) is 11.5. The third-order valence-electron chi connectivity index (χ3n) is 2.46. The molecule has 16 heavy (non-hydrogen) atoms. The number of nitrogens with zero attached hydrogens (tertiary/aromatic N) is 1. The summed E-state index contributed by atoms with van der Waals surface area (Å²) in [6.07, 6.45) is 1.84. The first-order valence-corrected chi connectivity index (χ1v) is 5.86. The molecule has 3 heteroatoms. The SMILES string of the molecule is Cc1cc(=O)n(Cc2ccccc2)cc1Br. The number of aromatic nitrogens is 1. The third kappa shape index (κ3) is 2.42. The molecule has 1 aromatic heterocycles. The Kier molecular flexibility index (Phi) is 3.25. The van der Waals surface area contributed by atoms with E-state index >= 15 is 0 Å². The van der Waals surface area contributed by atoms with Gasteiger partial charge in [0, 0.05) is 16.7 Å². The first kappa shape index (κ1) is 11.1. The Morgan fingerprint density at radius 3 is 2.62 bits per heavy atom. The molecule has 2 rings (SSSR count). The van der Waals surface area contributed by atoms with E-state index in [-0.39, 0.29) is 5.56 Å². The molecule has 2 aromatic rings. The van der Waals surface area contributed by atoms with Gasteiger partial charge < -0.3 is 4.57 Å². The Morgan fingerprint density at radius 2 is 1.94 bits per heavy atom. The minimum Gasteiger partial charge on any atom is -0.310 e. The highest BCUT2D eigenvalue weighted by atomic mass is 79.9. The van der Waals surface area contributed by atoms with E-state index in [0.29, 0.717) is 6.54 Å². The van der Waals surface area contributed by atoms with Gasteiger partial charge in [-0.1, -0.05) is 30.3 Å². The van der Waals surface area contributed by atoms with Crippen LogP contribution >= 0.6 is 15.9 Å². The lowest BCUT2D eigenvalue weighted by Crippen LogP contribution is -2.19. The molecule has 0 aliphatic carbocycles. The Labute approximate surface area is 103 Å². The van der Waals surface area contributed by atoms with Crippen LogP contribution in [-0.2, 0) is 6.54 Å². The fraction of sp³-hybridized carbons (Fsp3) is 0.154. The molecule has 0 aliphatic rings. The van der Waals surface area contributed by atoms with Gasteiger partial charge in [0.25, 0.3) is 5.56 Å². The molecular weight excluding hydrogens is 266 g/mol. The average molecular weight is 278 g/mol. The lowest BCUT2D eigenvalue weighted by atomic mass is 10.2. The zero-order valence-electron chi connectivity index (χ0n) is 8.98. The molecule has 0 N–H and O–H groups in total. The van der Waals surface area contributed by atoms with Gasteiger partial charge in [-0.2, -0.15) is 0 Å². The number of pyridine rings is 1. The number of hydrogen-bond donors (Lipinski definition) is 0. The monoisotopic (exact) mass is 277 g/mol. The summed E-state index contributed by atoms with van der Waals surface area (Å²) in [5.41, 5.74) is 2.12. The van der Waals surface area contributed by atoms with E-state index in [1.54, 1.807) is 10.6 Å². The highest BCUT2D eigenvalue weighted by molar-refractivity contribution is 9.10. The van der Waals surface area contributed by atoms with Gasteiger partial charge in [-0.25, -0.2) is 0 Å². The van der Waals surface area contributed by atoms with Crippen molar-refractivity contribution < 1.29 is 0 Å². The first-order chi connectivity index (χ1) is 7.66. The summed E-state index contributed by atoms with van der Waals surface area (Å²) in [6, 6.07) is 11.6. The van der Waals surface area contributed by atoms with Gasteiger partial charge in [-0.15, -0.1) is 0 Å². The average Bonchev–Trinajstić information content (AvgIpc) is 2.27. The Hall–Kier alpha value is -1.35. The minimum atomic E-state index is 0.0320. The van der Waals surface area contributed by atoms with Gasteiger partial charge in [0.1, 0.15) is 0 Å². The van der Waals surface area contributed by atoms with E-state index in [9.17, 15) is 4.79 Å². The van der Waals surface area contributed by atoms with Crippen molar-refractivity contribution in [3.05, 3.63) is 68.5 Å². The number of benzene rings is 1. The van der Waals surface area contributed by atoms with Crippen molar-refractivity contribution >= 4 is 15.9 Å². The van der Waals surface area contributed by atoms with Crippen molar-refractivity contribution in [3.8, 4) is 0 Å². The molecule has 2 nitrogen and oxygen atoms in total. The smallest absolute Gasteiger partial charge is 0.251 e. The van der Waals surface area contributed by atoms with Crippen molar-refractivity contribution in [2.24, 2.45) is 0 Å². The molecule has 0 atom stereocenters. The maximum Gasteiger partial charge on any atom is 0.251 e. The van der Waals surface area contributed by atoms with Crippen LogP contribution in [0.5, 0.6) is 0 Å². The summed E-state index contributed by atoms with van der Waals surface area (Å²) in [4.78, 5) is 11.7. The van der Waals surface area contributed by atoms with E-state index in [2.05, 4.69) is 15.9 Å². The van der Waals surface area contributed by atoms with Crippen LogP contribution in [0, 0.1) is 6.92 Å². The summed E-state index contributed by atoms with van der Waals surface area (Å²) in [7, 11) is 0. The van der Waals surface area contributed by atoms with E-state index in [1.165, 1.54) is 0 Å². The normalized spacial score (nSPS) is 10.4. The number of hydrogen-bond acceptors (Lipinski definition) is 1. The summed E-state index contributed by atoms with van der Waals surface area (Å²) in [5, 5.41) is 0. The molecule has 0 unspecified atom stereocenters. The molecule has 0 amide bonds. The lowest BCUT2D eigenvalue weighted by Gasteiger charge is -2.07. The van der Waals surface area contributed by atoms with Crippen LogP contribution in [-0.4, -0.2) is 4.57 Å². The standard InChI is InChI=1S/C13H12BrNO/c1-10-7-13(16)15(9-12(10)14)8-11-5-3-2-4-6-11/h2-7,9H,8H2,1H3. The highest BCUT2D eigenvalue weighted by Crippen LogP contribution is 2.13. The molecule has 0 aliphatic heterocycles. The van der Waals surface area contributed by atoms with Gasteiger partial charge in [0.2, 0.25) is 0 Å². The van der Waals surface area contributed by atoms with E-state index in [0.717, 1.165) is 15.6 Å². The maximum atomic E-state index is 11.7. The van der Waals surface area contributed by atoms with Crippen LogP contribution in [0.15, 0.2) is 51.9 Å². The van der Waals surface area contributed by atoms with Crippen molar-refractivity contribution in [2.45, 2.75) is 13.5 Å². The lowest BCUT2D eigenvalue weighted by molar-refractivity contribution is 0.753. The minimum absolute atomic E-state index is 0.0320. The van der Waals surface area contributed by atoms with Crippen molar-refractivity contribution in [1.82, 2.24) is 4.57 Å². The predicted molar refractivity (Wildman–Crippen MR) is 68.7 cm³/mol. The quantitative estimate of drug-likeness (QED) is 0.827. The number of aryl methyl sites for hydroxylation is 1. The highest BCUT2D eigenvalue weighted by Gasteiger charge is 2.01. The van der Waals surface area contributed by atoms with E-state index in [4.69, 9.17) is 0 Å². The number of rotatable bonds is 2. The summed E-state index contributed by atoms with van der Waals surface area (Å²) >= 11 is 3.43. The van der Waals surface area contributed by atoms with Gasteiger partial charge in [0.15, 0.2) is 0 Å². The van der Waals surface area contributed by atoms with Crippen LogP contribution in [0.25, 0.3) is 0 Å². The van der Waals surface area contributed by atoms with Gasteiger partial charge in [-0.05, 0) is 34.0 Å².